The van der Waals surface area contributed by atoms with Crippen LogP contribution in [0.15, 0.2) is 48.5 Å². The molecule has 0 radical (unpaired) electrons. The Bertz CT molecular complexity index is 1010. The molecule has 0 bridgehead atoms. The fourth-order valence-electron chi connectivity index (χ4n) is 4.74. The van der Waals surface area contributed by atoms with E-state index in [1.165, 1.54) is 0 Å². The molecule has 1 saturated heterocycles. The topological polar surface area (TPSA) is 95.9 Å². The van der Waals surface area contributed by atoms with Gasteiger partial charge in [-0.05, 0) is 47.8 Å². The molecule has 2 aromatic carbocycles. The van der Waals surface area contributed by atoms with Crippen LogP contribution in [0, 0.1) is 0 Å². The van der Waals surface area contributed by atoms with Crippen molar-refractivity contribution in [3.63, 3.8) is 0 Å². The van der Waals surface area contributed by atoms with Crippen molar-refractivity contribution in [3.8, 4) is 11.1 Å². The van der Waals surface area contributed by atoms with Crippen LogP contribution in [0.1, 0.15) is 43.2 Å². The molecule has 0 saturated carbocycles. The summed E-state index contributed by atoms with van der Waals surface area (Å²) in [5.74, 6) is 0.459. The van der Waals surface area contributed by atoms with E-state index in [-0.39, 0.29) is 37.3 Å². The minimum atomic E-state index is -1.01. The Balaban J connectivity index is 1.44. The fraction of sp³-hybridized carbons (Fsp3) is 0.423. The van der Waals surface area contributed by atoms with Crippen LogP contribution in [0.2, 0.25) is 0 Å². The van der Waals surface area contributed by atoms with E-state index < -0.39 is 18.1 Å². The average molecular weight is 483 g/mol. The molecule has 2 aromatic rings. The maximum atomic E-state index is 13.3. The maximum Gasteiger partial charge on any atom is 0.407 e. The van der Waals surface area contributed by atoms with Gasteiger partial charge in [0.05, 0.1) is 0 Å². The highest BCUT2D eigenvalue weighted by molar-refractivity contribution is 7.99. The number of carboxylic acids is 1. The van der Waals surface area contributed by atoms with Gasteiger partial charge in [-0.25, -0.2) is 4.79 Å². The zero-order valence-electron chi connectivity index (χ0n) is 19.2. The molecule has 0 spiro atoms. The van der Waals surface area contributed by atoms with Crippen molar-refractivity contribution >= 4 is 29.7 Å². The molecule has 180 valence electrons. The zero-order chi connectivity index (χ0) is 24.1. The summed E-state index contributed by atoms with van der Waals surface area (Å²) in [7, 11) is 0. The van der Waals surface area contributed by atoms with Crippen molar-refractivity contribution in [1.82, 2.24) is 10.2 Å². The summed E-state index contributed by atoms with van der Waals surface area (Å²) in [5.41, 5.74) is 4.47. The fourth-order valence-corrected chi connectivity index (χ4v) is 5.76. The number of amides is 2. The van der Waals surface area contributed by atoms with E-state index in [1.54, 1.807) is 16.7 Å². The summed E-state index contributed by atoms with van der Waals surface area (Å²) in [4.78, 5) is 38.9. The number of hydrogen-bond acceptors (Lipinski definition) is 5. The number of nitrogens with one attached hydrogen (secondary N) is 1. The van der Waals surface area contributed by atoms with Gasteiger partial charge in [0.25, 0.3) is 0 Å². The number of carbonyl (C=O) groups is 3. The van der Waals surface area contributed by atoms with Crippen LogP contribution in [0.25, 0.3) is 11.1 Å². The number of rotatable bonds is 7. The van der Waals surface area contributed by atoms with Crippen molar-refractivity contribution < 1.29 is 24.2 Å². The predicted octanol–water partition coefficient (Wildman–Crippen LogP) is 4.11. The summed E-state index contributed by atoms with van der Waals surface area (Å²) < 4.78 is 5.59. The van der Waals surface area contributed by atoms with E-state index in [1.807, 2.05) is 43.3 Å². The van der Waals surface area contributed by atoms with Crippen LogP contribution in [-0.4, -0.2) is 64.7 Å². The maximum absolute atomic E-state index is 13.3. The molecule has 7 nitrogen and oxygen atoms in total. The number of aliphatic carboxylic acids is 1. The molecule has 2 aliphatic rings. The van der Waals surface area contributed by atoms with Crippen molar-refractivity contribution in [1.29, 1.82) is 0 Å². The van der Waals surface area contributed by atoms with Crippen molar-refractivity contribution in [3.05, 3.63) is 59.7 Å². The standard InChI is InChI=1S/C26H30N2O5S/c1-17-16-34-14-6-13-28(17)25(31)23(11-12-24(29)30)27-26(32)33-15-22-20-9-4-2-7-18(20)19-8-3-5-10-21(19)22/h2-5,7-10,17,22-23H,6,11-16H2,1H3,(H,27,32)(H,29,30). The number of hydrogen-bond donors (Lipinski definition) is 2. The highest BCUT2D eigenvalue weighted by atomic mass is 32.2. The smallest absolute Gasteiger partial charge is 0.407 e. The molecular weight excluding hydrogens is 452 g/mol. The van der Waals surface area contributed by atoms with Gasteiger partial charge in [0, 0.05) is 30.7 Å². The molecular formula is C26H30N2O5S. The number of thioether (sulfide) groups is 1. The molecule has 8 heteroatoms. The molecule has 2 atom stereocenters. The van der Waals surface area contributed by atoms with Crippen LogP contribution in [0.5, 0.6) is 0 Å². The Labute approximate surface area is 203 Å². The van der Waals surface area contributed by atoms with E-state index in [4.69, 9.17) is 9.84 Å². The van der Waals surface area contributed by atoms with Crippen LogP contribution < -0.4 is 5.32 Å². The van der Waals surface area contributed by atoms with Gasteiger partial charge in [0.15, 0.2) is 0 Å². The summed E-state index contributed by atoms with van der Waals surface area (Å²) >= 11 is 1.80. The van der Waals surface area contributed by atoms with Crippen LogP contribution in [0.4, 0.5) is 4.79 Å². The van der Waals surface area contributed by atoms with Crippen LogP contribution >= 0.6 is 11.8 Å². The molecule has 2 N–H and O–H groups in total. The van der Waals surface area contributed by atoms with Gasteiger partial charge in [-0.2, -0.15) is 11.8 Å². The number of alkyl carbamates (subject to hydrolysis) is 1. The Morgan fingerprint density at radius 1 is 1.12 bits per heavy atom. The zero-order valence-corrected chi connectivity index (χ0v) is 20.1. The SMILES string of the molecule is CC1CSCCCN1C(=O)C(CCC(=O)O)NC(=O)OCC1c2ccccc2-c2ccccc21. The molecule has 1 heterocycles. The molecule has 2 unspecified atom stereocenters. The highest BCUT2D eigenvalue weighted by Crippen LogP contribution is 2.44. The number of benzene rings is 2. The second-order valence-corrected chi connectivity index (χ2v) is 9.91. The number of carboxylic acid groups (broad SMARTS) is 1. The number of nitrogens with zero attached hydrogens (tertiary/aromatic N) is 1. The second kappa shape index (κ2) is 11.0. The second-order valence-electron chi connectivity index (χ2n) is 8.76. The first kappa shape index (κ1) is 24.1. The molecule has 0 aromatic heterocycles. The van der Waals surface area contributed by atoms with Gasteiger partial charge in [0.2, 0.25) is 5.91 Å². The minimum absolute atomic E-state index is 0.0225. The molecule has 2 amide bonds. The lowest BCUT2D eigenvalue weighted by molar-refractivity contribution is -0.138. The number of ether oxygens (including phenoxy) is 1. The van der Waals surface area contributed by atoms with Gasteiger partial charge in [-0.3, -0.25) is 9.59 Å². The molecule has 1 aliphatic heterocycles. The Morgan fingerprint density at radius 3 is 2.41 bits per heavy atom. The number of carbonyl (C=O) groups excluding carboxylic acids is 2. The number of fused-ring (bicyclic) bond motifs is 3. The van der Waals surface area contributed by atoms with E-state index >= 15 is 0 Å². The normalized spacial score (nSPS) is 18.4. The van der Waals surface area contributed by atoms with Gasteiger partial charge < -0.3 is 20.1 Å². The van der Waals surface area contributed by atoms with Crippen molar-refractivity contribution in [2.24, 2.45) is 0 Å². The van der Waals surface area contributed by atoms with Gasteiger partial charge in [0.1, 0.15) is 12.6 Å². The third kappa shape index (κ3) is 5.38. The molecule has 1 fully saturated rings. The quantitative estimate of drug-likeness (QED) is 0.617. The average Bonchev–Trinajstić information content (AvgIpc) is 2.99. The summed E-state index contributed by atoms with van der Waals surface area (Å²) in [5, 5.41) is 11.8. The first-order valence-electron chi connectivity index (χ1n) is 11.7. The lowest BCUT2D eigenvalue weighted by Gasteiger charge is -2.31. The van der Waals surface area contributed by atoms with Gasteiger partial charge in [-0.1, -0.05) is 48.5 Å². The van der Waals surface area contributed by atoms with E-state index in [0.29, 0.717) is 6.54 Å². The summed E-state index contributed by atoms with van der Waals surface area (Å²) in [6, 6.07) is 15.2. The van der Waals surface area contributed by atoms with E-state index in [2.05, 4.69) is 17.4 Å². The van der Waals surface area contributed by atoms with Gasteiger partial charge in [-0.15, -0.1) is 0 Å². The van der Waals surface area contributed by atoms with Crippen LogP contribution in [-0.2, 0) is 14.3 Å². The first-order valence-corrected chi connectivity index (χ1v) is 12.8. The largest absolute Gasteiger partial charge is 0.481 e. The first-order chi connectivity index (χ1) is 16.5. The lowest BCUT2D eigenvalue weighted by atomic mass is 9.98. The van der Waals surface area contributed by atoms with Crippen molar-refractivity contribution in [2.75, 3.05) is 24.7 Å². The summed E-state index contributed by atoms with van der Waals surface area (Å²) in [6.45, 7) is 2.72. The van der Waals surface area contributed by atoms with E-state index in [9.17, 15) is 14.4 Å². The third-order valence-corrected chi connectivity index (χ3v) is 7.74. The lowest BCUT2D eigenvalue weighted by Crippen LogP contribution is -2.52. The van der Waals surface area contributed by atoms with Gasteiger partial charge >= 0.3 is 12.1 Å². The molecule has 1 aliphatic carbocycles. The molecule has 4 rings (SSSR count). The van der Waals surface area contributed by atoms with Crippen LogP contribution in [0.3, 0.4) is 0 Å². The van der Waals surface area contributed by atoms with E-state index in [0.717, 1.165) is 40.2 Å². The Morgan fingerprint density at radius 2 is 1.76 bits per heavy atom. The molecule has 34 heavy (non-hydrogen) atoms. The Kier molecular flexibility index (Phi) is 7.77. The van der Waals surface area contributed by atoms with Crippen molar-refractivity contribution in [2.45, 2.75) is 44.2 Å². The summed E-state index contributed by atoms with van der Waals surface area (Å²) in [6.07, 6.45) is -0.0224. The third-order valence-electron chi connectivity index (χ3n) is 6.44. The Hall–Kier alpha value is -3.00. The highest BCUT2D eigenvalue weighted by Gasteiger charge is 2.32. The monoisotopic (exact) mass is 482 g/mol. The predicted molar refractivity (Wildman–Crippen MR) is 132 cm³/mol. The minimum Gasteiger partial charge on any atom is -0.481 e.